The SMILES string of the molecule is CC(C)(C)OC(=O)NCCn1cc2c(n1)C(CO)N1CC2N(OCc2ccccc2)C1=O. The number of rotatable bonds is 7. The second kappa shape index (κ2) is 8.79. The Balaban J connectivity index is 1.45. The van der Waals surface area contributed by atoms with Crippen molar-refractivity contribution in [1.82, 2.24) is 25.1 Å². The Bertz CT molecular complexity index is 971. The van der Waals surface area contributed by atoms with Gasteiger partial charge in [-0.1, -0.05) is 30.3 Å². The third-order valence-electron chi connectivity index (χ3n) is 5.35. The largest absolute Gasteiger partial charge is 0.444 e. The number of nitrogens with zero attached hydrogens (tertiary/aromatic N) is 4. The van der Waals surface area contributed by atoms with Crippen molar-refractivity contribution < 1.29 is 24.3 Å². The van der Waals surface area contributed by atoms with Gasteiger partial charge < -0.3 is 20.1 Å². The zero-order valence-corrected chi connectivity index (χ0v) is 18.5. The third-order valence-corrected chi connectivity index (χ3v) is 5.35. The second-order valence-corrected chi connectivity index (χ2v) is 8.90. The highest BCUT2D eigenvalue weighted by atomic mass is 16.7. The highest BCUT2D eigenvalue weighted by molar-refractivity contribution is 5.78. The first-order chi connectivity index (χ1) is 15.3. The lowest BCUT2D eigenvalue weighted by molar-refractivity contribution is -0.141. The van der Waals surface area contributed by atoms with Gasteiger partial charge >= 0.3 is 12.1 Å². The standard InChI is InChI=1S/C22H29N5O5/c1-22(2,3)32-20(29)23-9-10-25-11-16-17-12-26(18(13-28)19(16)24-25)21(30)27(17)31-14-15-7-5-4-6-8-15/h4-8,11,17-18,28H,9-10,12-14H2,1-3H3,(H,23,29). The van der Waals surface area contributed by atoms with Crippen molar-refractivity contribution >= 4 is 12.1 Å². The summed E-state index contributed by atoms with van der Waals surface area (Å²) in [4.78, 5) is 32.2. The molecule has 2 unspecified atom stereocenters. The van der Waals surface area contributed by atoms with Crippen LogP contribution in [0.25, 0.3) is 0 Å². The minimum Gasteiger partial charge on any atom is -0.444 e. The van der Waals surface area contributed by atoms with Gasteiger partial charge in [-0.2, -0.15) is 10.2 Å². The molecule has 2 aliphatic rings. The molecule has 10 nitrogen and oxygen atoms in total. The van der Waals surface area contributed by atoms with E-state index in [-0.39, 0.29) is 25.3 Å². The average molecular weight is 444 g/mol. The number of carbonyl (C=O) groups excluding carboxylic acids is 2. The number of urea groups is 1. The summed E-state index contributed by atoms with van der Waals surface area (Å²) in [5.41, 5.74) is 1.89. The van der Waals surface area contributed by atoms with Crippen molar-refractivity contribution in [1.29, 1.82) is 0 Å². The fourth-order valence-corrected chi connectivity index (χ4v) is 3.95. The van der Waals surface area contributed by atoms with Gasteiger partial charge in [0.25, 0.3) is 0 Å². The molecule has 2 atom stereocenters. The van der Waals surface area contributed by atoms with Gasteiger partial charge in [0.1, 0.15) is 24.3 Å². The average Bonchev–Trinajstić information content (AvgIpc) is 3.27. The van der Waals surface area contributed by atoms with Crippen molar-refractivity contribution in [3.8, 4) is 0 Å². The van der Waals surface area contributed by atoms with E-state index in [0.29, 0.717) is 25.3 Å². The highest BCUT2D eigenvalue weighted by Crippen LogP contribution is 2.43. The van der Waals surface area contributed by atoms with E-state index in [9.17, 15) is 14.7 Å². The van der Waals surface area contributed by atoms with E-state index in [4.69, 9.17) is 9.57 Å². The summed E-state index contributed by atoms with van der Waals surface area (Å²) < 4.78 is 6.96. The fraction of sp³-hybridized carbons (Fsp3) is 0.500. The van der Waals surface area contributed by atoms with E-state index in [1.165, 1.54) is 5.06 Å². The van der Waals surface area contributed by atoms with Crippen molar-refractivity contribution in [2.75, 3.05) is 19.7 Å². The number of hydroxylamine groups is 2. The lowest BCUT2D eigenvalue weighted by Crippen LogP contribution is -2.36. The first-order valence-electron chi connectivity index (χ1n) is 10.7. The van der Waals surface area contributed by atoms with E-state index in [2.05, 4.69) is 10.4 Å². The molecule has 2 aromatic rings. The van der Waals surface area contributed by atoms with E-state index in [1.807, 2.05) is 36.5 Å². The van der Waals surface area contributed by atoms with Gasteiger partial charge in [-0.3, -0.25) is 9.52 Å². The van der Waals surface area contributed by atoms with Gasteiger partial charge in [0.2, 0.25) is 0 Å². The topological polar surface area (TPSA) is 109 Å². The summed E-state index contributed by atoms with van der Waals surface area (Å²) in [6, 6.07) is 8.52. The molecule has 3 amide bonds. The Morgan fingerprint density at radius 3 is 2.72 bits per heavy atom. The number of benzene rings is 1. The lowest BCUT2D eigenvalue weighted by Gasteiger charge is -2.27. The van der Waals surface area contributed by atoms with Crippen LogP contribution in [0.1, 0.15) is 49.7 Å². The van der Waals surface area contributed by atoms with Crippen LogP contribution in [0.5, 0.6) is 0 Å². The molecule has 172 valence electrons. The van der Waals surface area contributed by atoms with E-state index in [1.54, 1.807) is 30.4 Å². The molecule has 1 saturated heterocycles. The van der Waals surface area contributed by atoms with Crippen LogP contribution in [0, 0.1) is 0 Å². The van der Waals surface area contributed by atoms with Gasteiger partial charge in [0.05, 0.1) is 25.4 Å². The number of amides is 3. The maximum Gasteiger partial charge on any atom is 0.407 e. The molecule has 4 rings (SSSR count). The number of aliphatic hydroxyl groups is 1. The van der Waals surface area contributed by atoms with Crippen LogP contribution in [0.3, 0.4) is 0 Å². The monoisotopic (exact) mass is 443 g/mol. The van der Waals surface area contributed by atoms with Crippen LogP contribution in [0.2, 0.25) is 0 Å². The fourth-order valence-electron chi connectivity index (χ4n) is 3.95. The van der Waals surface area contributed by atoms with Crippen LogP contribution >= 0.6 is 0 Å². The quantitative estimate of drug-likeness (QED) is 0.680. The van der Waals surface area contributed by atoms with Crippen LogP contribution in [-0.4, -0.2) is 62.3 Å². The molecule has 0 saturated carbocycles. The molecule has 0 aliphatic carbocycles. The summed E-state index contributed by atoms with van der Waals surface area (Å²) in [7, 11) is 0. The summed E-state index contributed by atoms with van der Waals surface area (Å²) in [5, 5.41) is 18.6. The molecule has 2 aliphatic heterocycles. The predicted molar refractivity (Wildman–Crippen MR) is 114 cm³/mol. The number of hydrogen-bond donors (Lipinski definition) is 2. The first-order valence-corrected chi connectivity index (χ1v) is 10.7. The molecule has 0 radical (unpaired) electrons. The van der Waals surface area contributed by atoms with Crippen LogP contribution in [0.4, 0.5) is 9.59 Å². The number of fused-ring (bicyclic) bond motifs is 4. The van der Waals surface area contributed by atoms with Gasteiger partial charge in [0, 0.05) is 18.3 Å². The summed E-state index contributed by atoms with van der Waals surface area (Å²) in [6.45, 7) is 6.64. The molecule has 1 aromatic heterocycles. The molecule has 32 heavy (non-hydrogen) atoms. The summed E-state index contributed by atoms with van der Waals surface area (Å²) in [6.07, 6.45) is 1.37. The number of alkyl carbamates (subject to hydrolysis) is 1. The summed E-state index contributed by atoms with van der Waals surface area (Å²) in [5.74, 6) is 0. The van der Waals surface area contributed by atoms with E-state index < -0.39 is 17.7 Å². The third kappa shape index (κ3) is 4.56. The minimum absolute atomic E-state index is 0.231. The van der Waals surface area contributed by atoms with Crippen LogP contribution in [0.15, 0.2) is 36.5 Å². The molecule has 2 bridgehead atoms. The number of aromatic nitrogens is 2. The van der Waals surface area contributed by atoms with Gasteiger partial charge in [-0.05, 0) is 26.3 Å². The smallest absolute Gasteiger partial charge is 0.407 e. The van der Waals surface area contributed by atoms with E-state index in [0.717, 1.165) is 11.1 Å². The van der Waals surface area contributed by atoms with Crippen molar-refractivity contribution in [2.24, 2.45) is 0 Å². The van der Waals surface area contributed by atoms with Crippen LogP contribution in [-0.2, 0) is 22.7 Å². The van der Waals surface area contributed by atoms with Crippen molar-refractivity contribution in [2.45, 2.75) is 51.6 Å². The van der Waals surface area contributed by atoms with Gasteiger partial charge in [0.15, 0.2) is 0 Å². The molecule has 3 heterocycles. The number of carbonyl (C=O) groups is 2. The molecular weight excluding hydrogens is 414 g/mol. The number of aliphatic hydroxyl groups excluding tert-OH is 1. The number of hydrogen-bond acceptors (Lipinski definition) is 6. The van der Waals surface area contributed by atoms with Crippen LogP contribution < -0.4 is 5.32 Å². The Labute approximate surface area is 186 Å². The van der Waals surface area contributed by atoms with Gasteiger partial charge in [-0.15, -0.1) is 0 Å². The minimum atomic E-state index is -0.563. The second-order valence-electron chi connectivity index (χ2n) is 8.90. The molecule has 2 N–H and O–H groups in total. The van der Waals surface area contributed by atoms with Crippen molar-refractivity contribution in [3.63, 3.8) is 0 Å². The molecule has 1 aromatic carbocycles. The molecule has 10 heteroatoms. The normalized spacial score (nSPS) is 19.8. The zero-order valence-electron chi connectivity index (χ0n) is 18.5. The van der Waals surface area contributed by atoms with Crippen molar-refractivity contribution in [3.05, 3.63) is 53.3 Å². The first kappa shape index (κ1) is 22.1. The number of ether oxygens (including phenoxy) is 1. The highest BCUT2D eigenvalue weighted by Gasteiger charge is 2.50. The molecule has 1 fully saturated rings. The summed E-state index contributed by atoms with van der Waals surface area (Å²) >= 11 is 0. The Kier molecular flexibility index (Phi) is 6.07. The van der Waals surface area contributed by atoms with E-state index >= 15 is 0 Å². The number of nitrogens with one attached hydrogen (secondary N) is 1. The predicted octanol–water partition coefficient (Wildman–Crippen LogP) is 2.37. The maximum atomic E-state index is 12.9. The Morgan fingerprint density at radius 1 is 1.28 bits per heavy atom. The lowest BCUT2D eigenvalue weighted by atomic mass is 9.99. The Hall–Kier alpha value is -3.11. The molecule has 0 spiro atoms. The maximum absolute atomic E-state index is 12.9. The Morgan fingerprint density at radius 2 is 2.03 bits per heavy atom. The van der Waals surface area contributed by atoms with Gasteiger partial charge in [-0.25, -0.2) is 9.59 Å². The zero-order chi connectivity index (χ0) is 22.9. The molecular formula is C22H29N5O5.